The third kappa shape index (κ3) is 9.28. The number of esters is 1. The molecule has 0 bridgehead atoms. The summed E-state index contributed by atoms with van der Waals surface area (Å²) in [4.78, 5) is 95.7. The highest BCUT2D eigenvalue weighted by molar-refractivity contribution is 5.98. The summed E-state index contributed by atoms with van der Waals surface area (Å²) < 4.78 is 13.2. The number of primary amides is 1. The molecule has 6 rings (SSSR count). The maximum Gasteiger partial charge on any atom is 0.405 e. The second kappa shape index (κ2) is 18.5. The molecule has 19 nitrogen and oxygen atoms in total. The van der Waals surface area contributed by atoms with Gasteiger partial charge in [-0.15, -0.1) is 0 Å². The van der Waals surface area contributed by atoms with Gasteiger partial charge in [0.15, 0.2) is 5.60 Å². The fourth-order valence-corrected chi connectivity index (χ4v) is 7.94. The molecule has 0 fully saturated rings. The molecule has 0 saturated carbocycles. The monoisotopic (exact) mass is 868 g/mol. The van der Waals surface area contributed by atoms with Crippen molar-refractivity contribution >= 4 is 52.4 Å². The van der Waals surface area contributed by atoms with E-state index in [4.69, 9.17) is 20.2 Å². The summed E-state index contributed by atoms with van der Waals surface area (Å²) >= 11 is 0. The Bertz CT molecular complexity index is 2540. The Hall–Kier alpha value is -7.02. The van der Waals surface area contributed by atoms with Crippen LogP contribution in [0.25, 0.3) is 22.3 Å². The zero-order valence-electron chi connectivity index (χ0n) is 35.9. The predicted molar refractivity (Wildman–Crippen MR) is 230 cm³/mol. The minimum Gasteiger partial charge on any atom is -0.476 e. The highest BCUT2D eigenvalue weighted by Crippen LogP contribution is 2.41. The fourth-order valence-electron chi connectivity index (χ4n) is 7.94. The summed E-state index contributed by atoms with van der Waals surface area (Å²) in [7, 11) is 3.19. The summed E-state index contributed by atoms with van der Waals surface area (Å²) in [5, 5.41) is 31.3. The first-order valence-electron chi connectivity index (χ1n) is 20.6. The van der Waals surface area contributed by atoms with Crippen molar-refractivity contribution in [2.45, 2.75) is 90.3 Å². The average molecular weight is 869 g/mol. The standard InChI is InChI=1S/C44H52N8O11/c1-7-26-27-18-25(15-16-31(27)48-35-28(26)20-52-33(35)19-30-29(39(52)55)21-62-41(57)44(30,61)8-2)63-36(40(56)51(5)6)23-11-13-24(14-12-23)47-37(53)32(10-9-17-46-42(45)58)49-38(54)34(22(3)4)50-43(59)60/h11-16,18-19,22,32,34,36,50,61H,7-10,17,20-21H2,1-6H3,(H,47,53)(H,49,54)(H,59,60)(H3,45,46,58)/t32-,34-,36?,44-/m0/s1. The number of benzene rings is 2. The van der Waals surface area contributed by atoms with Gasteiger partial charge in [0.1, 0.15) is 24.4 Å². The van der Waals surface area contributed by atoms with Gasteiger partial charge in [-0.3, -0.25) is 19.2 Å². The smallest absolute Gasteiger partial charge is 0.405 e. The summed E-state index contributed by atoms with van der Waals surface area (Å²) in [6, 6.07) is 10.3. The number of ether oxygens (including phenoxy) is 2. The SMILES string of the molecule is CCc1c2c(nc3ccc(OC(C(=O)N(C)C)c4ccc(NC(=O)[C@H](CCCNC(N)=O)NC(=O)[C@@H](NC(=O)O)C(C)C)cc4)cc13)-c1cc3c(c(=O)n1C2)COC(=O)[C@]3(O)CC. The number of aliphatic hydroxyl groups is 1. The van der Waals surface area contributed by atoms with E-state index in [1.165, 1.54) is 4.90 Å². The molecule has 2 aromatic carbocycles. The van der Waals surface area contributed by atoms with Crippen LogP contribution >= 0.6 is 0 Å². The zero-order chi connectivity index (χ0) is 45.9. The Morgan fingerprint density at radius 2 is 1.71 bits per heavy atom. The van der Waals surface area contributed by atoms with Crippen molar-refractivity contribution in [3.8, 4) is 17.1 Å². The van der Waals surface area contributed by atoms with Gasteiger partial charge in [-0.1, -0.05) is 39.8 Å². The van der Waals surface area contributed by atoms with E-state index in [0.717, 1.165) is 16.5 Å². The van der Waals surface area contributed by atoms with Crippen LogP contribution in [0.5, 0.6) is 5.75 Å². The van der Waals surface area contributed by atoms with E-state index >= 15 is 0 Å². The Kier molecular flexibility index (Phi) is 13.4. The number of aromatic nitrogens is 2. The number of urea groups is 1. The Morgan fingerprint density at radius 3 is 2.33 bits per heavy atom. The van der Waals surface area contributed by atoms with Gasteiger partial charge in [0, 0.05) is 48.4 Å². The molecule has 6 amide bonds. The molecule has 4 atom stereocenters. The molecule has 334 valence electrons. The first-order valence-corrected chi connectivity index (χ1v) is 20.6. The van der Waals surface area contributed by atoms with Crippen LogP contribution in [-0.2, 0) is 49.1 Å². The number of carbonyl (C=O) groups is 6. The molecule has 19 heteroatoms. The van der Waals surface area contributed by atoms with Gasteiger partial charge in [0.05, 0.1) is 29.0 Å². The van der Waals surface area contributed by atoms with Crippen LogP contribution < -0.4 is 37.3 Å². The zero-order valence-corrected chi connectivity index (χ0v) is 35.9. The predicted octanol–water partition coefficient (Wildman–Crippen LogP) is 3.01. The number of fused-ring (bicyclic) bond motifs is 5. The maximum absolute atomic E-state index is 13.8. The molecular weight excluding hydrogens is 817 g/mol. The van der Waals surface area contributed by atoms with Gasteiger partial charge < -0.3 is 56.2 Å². The summed E-state index contributed by atoms with van der Waals surface area (Å²) in [5.74, 6) is -2.54. The molecule has 0 saturated heterocycles. The number of anilines is 1. The molecule has 63 heavy (non-hydrogen) atoms. The van der Waals surface area contributed by atoms with Crippen LogP contribution in [0.4, 0.5) is 15.3 Å². The average Bonchev–Trinajstić information content (AvgIpc) is 3.61. The lowest BCUT2D eigenvalue weighted by Crippen LogP contribution is -2.54. The third-order valence-corrected chi connectivity index (χ3v) is 11.4. The Labute approximate surface area is 362 Å². The van der Waals surface area contributed by atoms with Crippen LogP contribution in [0.1, 0.15) is 80.9 Å². The van der Waals surface area contributed by atoms with Gasteiger partial charge >= 0.3 is 18.1 Å². The number of pyridine rings is 2. The third-order valence-electron chi connectivity index (χ3n) is 11.4. The normalized spacial score (nSPS) is 16.4. The van der Waals surface area contributed by atoms with Gasteiger partial charge in [0.25, 0.3) is 11.5 Å². The van der Waals surface area contributed by atoms with E-state index in [-0.39, 0.29) is 61.6 Å². The highest BCUT2D eigenvalue weighted by atomic mass is 16.6. The lowest BCUT2D eigenvalue weighted by Gasteiger charge is -2.31. The first kappa shape index (κ1) is 45.5. The topological polar surface area (TPSA) is 274 Å². The number of hydrogen-bond donors (Lipinski definition) is 7. The second-order valence-corrected chi connectivity index (χ2v) is 16.1. The number of amides is 6. The van der Waals surface area contributed by atoms with E-state index in [2.05, 4.69) is 21.3 Å². The molecule has 1 unspecified atom stereocenters. The van der Waals surface area contributed by atoms with Crippen molar-refractivity contribution in [1.82, 2.24) is 30.4 Å². The van der Waals surface area contributed by atoms with E-state index < -0.39 is 59.6 Å². The minimum absolute atomic E-state index is 0.0260. The van der Waals surface area contributed by atoms with E-state index in [1.807, 2.05) is 6.92 Å². The summed E-state index contributed by atoms with van der Waals surface area (Å²) in [6.45, 7) is 7.06. The van der Waals surface area contributed by atoms with Crippen LogP contribution in [-0.4, -0.2) is 93.2 Å². The number of nitrogens with two attached hydrogens (primary N) is 1. The van der Waals surface area contributed by atoms with Crippen molar-refractivity contribution in [3.05, 3.63) is 86.7 Å². The molecule has 2 aliphatic heterocycles. The maximum atomic E-state index is 13.8. The van der Waals surface area contributed by atoms with Crippen molar-refractivity contribution < 1.29 is 48.5 Å². The number of nitrogens with zero attached hydrogens (tertiary/aromatic N) is 3. The number of rotatable bonds is 16. The van der Waals surface area contributed by atoms with Crippen LogP contribution in [0.15, 0.2) is 53.3 Å². The highest BCUT2D eigenvalue weighted by Gasteiger charge is 2.45. The van der Waals surface area contributed by atoms with Gasteiger partial charge in [-0.2, -0.15) is 0 Å². The summed E-state index contributed by atoms with van der Waals surface area (Å²) in [6.07, 6.45) is -1.59. The fraction of sp³-hybridized carbons (Fsp3) is 0.409. The van der Waals surface area contributed by atoms with Gasteiger partial charge in [-0.05, 0) is 73.6 Å². The van der Waals surface area contributed by atoms with E-state index in [9.17, 15) is 43.8 Å². The largest absolute Gasteiger partial charge is 0.476 e. The van der Waals surface area contributed by atoms with Crippen molar-refractivity contribution in [1.29, 1.82) is 0 Å². The molecule has 0 aliphatic carbocycles. The minimum atomic E-state index is -1.95. The number of nitrogens with one attached hydrogen (secondary N) is 4. The number of aryl methyl sites for hydroxylation is 1. The lowest BCUT2D eigenvalue weighted by molar-refractivity contribution is -0.172. The van der Waals surface area contributed by atoms with E-state index in [0.29, 0.717) is 40.3 Å². The molecule has 4 aromatic rings. The quantitative estimate of drug-likeness (QED) is 0.0557. The first-order chi connectivity index (χ1) is 29.9. The number of hydrogen-bond acceptors (Lipinski definition) is 11. The van der Waals surface area contributed by atoms with Crippen LogP contribution in [0.3, 0.4) is 0 Å². The van der Waals surface area contributed by atoms with Crippen molar-refractivity contribution in [2.75, 3.05) is 26.0 Å². The molecular formula is C44H52N8O11. The molecule has 0 spiro atoms. The number of carboxylic acid groups (broad SMARTS) is 1. The molecule has 4 heterocycles. The van der Waals surface area contributed by atoms with Gasteiger partial charge in [0.2, 0.25) is 17.9 Å². The second-order valence-electron chi connectivity index (χ2n) is 16.1. The van der Waals surface area contributed by atoms with Crippen molar-refractivity contribution in [2.24, 2.45) is 11.7 Å². The molecule has 0 radical (unpaired) electrons. The van der Waals surface area contributed by atoms with Gasteiger partial charge in [-0.25, -0.2) is 19.4 Å². The number of cyclic esters (lactones) is 1. The molecule has 8 N–H and O–H groups in total. The van der Waals surface area contributed by atoms with E-state index in [1.54, 1.807) is 88.0 Å². The van der Waals surface area contributed by atoms with Crippen molar-refractivity contribution in [3.63, 3.8) is 0 Å². The Balaban J connectivity index is 1.25. The number of carbonyl (C=O) groups excluding carboxylic acids is 5. The Morgan fingerprint density at radius 1 is 1.00 bits per heavy atom. The molecule has 2 aliphatic rings. The lowest BCUT2D eigenvalue weighted by atomic mass is 9.86. The van der Waals surface area contributed by atoms with Crippen LogP contribution in [0, 0.1) is 5.92 Å². The number of likely N-dealkylation sites (N-methyl/N-ethyl adjacent to an activating group) is 1. The van der Waals surface area contributed by atoms with Crippen LogP contribution in [0.2, 0.25) is 0 Å². The summed E-state index contributed by atoms with van der Waals surface area (Å²) in [5.41, 5.74) is 7.49. The molecule has 2 aromatic heterocycles.